The number of thioether (sulfide) groups is 1. The first-order chi connectivity index (χ1) is 12.6. The number of hydrogen-bond acceptors (Lipinski definition) is 5. The number of thiocarbonyl (C=S) groups is 1. The van der Waals surface area contributed by atoms with E-state index in [1.165, 1.54) is 12.1 Å². The molecule has 1 amide bonds. The molecule has 8 heteroatoms. The second-order valence-electron chi connectivity index (χ2n) is 6.15. The molecule has 4 rings (SSSR count). The van der Waals surface area contributed by atoms with E-state index in [2.05, 4.69) is 0 Å². The third-order valence-electron chi connectivity index (χ3n) is 4.58. The molecule has 0 aromatic heterocycles. The summed E-state index contributed by atoms with van der Waals surface area (Å²) < 4.78 is 0. The molecule has 0 spiro atoms. The van der Waals surface area contributed by atoms with Crippen LogP contribution in [-0.4, -0.2) is 37.5 Å². The van der Waals surface area contributed by atoms with Crippen molar-refractivity contribution in [2.75, 3.05) is 5.75 Å². The highest BCUT2D eigenvalue weighted by Gasteiger charge is 2.50. The minimum Gasteiger partial charge on any atom is -0.320 e. The van der Waals surface area contributed by atoms with E-state index in [-0.39, 0.29) is 23.0 Å². The molecule has 2 aromatic rings. The van der Waals surface area contributed by atoms with Crippen molar-refractivity contribution in [1.29, 1.82) is 0 Å². The molecule has 0 N–H and O–H groups in total. The normalized spacial score (nSPS) is 22.0. The first-order valence-corrected chi connectivity index (χ1v) is 9.55. The summed E-state index contributed by atoms with van der Waals surface area (Å²) >= 11 is 7.33. The van der Waals surface area contributed by atoms with Crippen LogP contribution in [0.3, 0.4) is 0 Å². The van der Waals surface area contributed by atoms with Gasteiger partial charge in [0.25, 0.3) is 11.6 Å². The molecule has 26 heavy (non-hydrogen) atoms. The Hall–Kier alpha value is -2.45. The smallest absolute Gasteiger partial charge is 0.269 e. The molecule has 132 valence electrons. The summed E-state index contributed by atoms with van der Waals surface area (Å²) in [6.45, 7) is 0.328. The van der Waals surface area contributed by atoms with Gasteiger partial charge in [-0.3, -0.25) is 19.8 Å². The fourth-order valence-electron chi connectivity index (χ4n) is 3.27. The van der Waals surface area contributed by atoms with Crippen molar-refractivity contribution in [2.24, 2.45) is 0 Å². The second kappa shape index (κ2) is 6.69. The zero-order chi connectivity index (χ0) is 18.3. The molecule has 2 aliphatic rings. The Bertz CT molecular complexity index is 873. The molecule has 6 nitrogen and oxygen atoms in total. The summed E-state index contributed by atoms with van der Waals surface area (Å²) in [7, 11) is 0. The minimum atomic E-state index is -0.437. The largest absolute Gasteiger partial charge is 0.320 e. The van der Waals surface area contributed by atoms with E-state index < -0.39 is 4.92 Å². The minimum absolute atomic E-state index is 0.000663. The Kier molecular flexibility index (Phi) is 4.37. The van der Waals surface area contributed by atoms with Crippen LogP contribution < -0.4 is 0 Å². The summed E-state index contributed by atoms with van der Waals surface area (Å²) in [5, 5.41) is 11.3. The Morgan fingerprint density at radius 2 is 1.85 bits per heavy atom. The van der Waals surface area contributed by atoms with Gasteiger partial charge in [-0.05, 0) is 23.3 Å². The third-order valence-corrected chi connectivity index (χ3v) is 6.33. The van der Waals surface area contributed by atoms with Crippen LogP contribution >= 0.6 is 24.0 Å². The van der Waals surface area contributed by atoms with Crippen molar-refractivity contribution in [2.45, 2.75) is 18.0 Å². The van der Waals surface area contributed by atoms with Crippen LogP contribution in [0.5, 0.6) is 0 Å². The van der Waals surface area contributed by atoms with Crippen LogP contribution in [-0.2, 0) is 11.3 Å². The van der Waals surface area contributed by atoms with E-state index in [1.807, 2.05) is 35.2 Å². The molecular formula is C18H15N3O3S2. The average molecular weight is 385 g/mol. The van der Waals surface area contributed by atoms with Crippen molar-refractivity contribution in [3.8, 4) is 0 Å². The fourth-order valence-corrected chi connectivity index (χ4v) is 5.15. The van der Waals surface area contributed by atoms with Crippen LogP contribution in [0.4, 0.5) is 5.69 Å². The summed E-state index contributed by atoms with van der Waals surface area (Å²) in [5.74, 6) is 0.703. The molecule has 2 aromatic carbocycles. The van der Waals surface area contributed by atoms with E-state index in [1.54, 1.807) is 28.8 Å². The van der Waals surface area contributed by atoms with Gasteiger partial charge in [0.2, 0.25) is 0 Å². The first kappa shape index (κ1) is 17.0. The maximum absolute atomic E-state index is 12.8. The van der Waals surface area contributed by atoms with Gasteiger partial charge in [0, 0.05) is 17.9 Å². The lowest BCUT2D eigenvalue weighted by Crippen LogP contribution is -2.33. The highest BCUT2D eigenvalue weighted by molar-refractivity contribution is 7.99. The number of amides is 1. The number of nitrogens with zero attached hydrogens (tertiary/aromatic N) is 3. The van der Waals surface area contributed by atoms with Crippen LogP contribution in [0, 0.1) is 10.1 Å². The lowest BCUT2D eigenvalue weighted by atomic mass is 10.2. The average Bonchev–Trinajstić information content (AvgIpc) is 3.19. The Morgan fingerprint density at radius 1 is 1.15 bits per heavy atom. The lowest BCUT2D eigenvalue weighted by Gasteiger charge is -2.25. The van der Waals surface area contributed by atoms with Gasteiger partial charge in [-0.2, -0.15) is 0 Å². The van der Waals surface area contributed by atoms with Gasteiger partial charge in [-0.25, -0.2) is 0 Å². The van der Waals surface area contributed by atoms with Gasteiger partial charge in [-0.15, -0.1) is 11.8 Å². The summed E-state index contributed by atoms with van der Waals surface area (Å²) in [5.41, 5.74) is 1.98. The zero-order valence-corrected chi connectivity index (χ0v) is 15.3. The van der Waals surface area contributed by atoms with Crippen LogP contribution in [0.2, 0.25) is 0 Å². The van der Waals surface area contributed by atoms with Gasteiger partial charge in [-0.1, -0.05) is 42.5 Å². The summed E-state index contributed by atoms with van der Waals surface area (Å²) in [6, 6.07) is 16.0. The molecule has 2 heterocycles. The van der Waals surface area contributed by atoms with Gasteiger partial charge in [0.1, 0.15) is 11.4 Å². The van der Waals surface area contributed by atoms with E-state index in [4.69, 9.17) is 12.2 Å². The maximum atomic E-state index is 12.8. The number of non-ortho nitro benzene ring substituents is 1. The number of rotatable bonds is 4. The predicted octanol–water partition coefficient (Wildman–Crippen LogP) is 3.34. The van der Waals surface area contributed by atoms with Crippen LogP contribution in [0.25, 0.3) is 0 Å². The topological polar surface area (TPSA) is 66.7 Å². The van der Waals surface area contributed by atoms with E-state index in [0.29, 0.717) is 17.4 Å². The zero-order valence-electron chi connectivity index (χ0n) is 13.6. The van der Waals surface area contributed by atoms with E-state index >= 15 is 0 Å². The Balaban J connectivity index is 1.55. The number of benzene rings is 2. The SMILES string of the molecule is O=C1[C@@H]2CSC(c3ccccc3)N2C(=S)N1Cc1ccc([N+](=O)[O-])cc1. The maximum Gasteiger partial charge on any atom is 0.269 e. The lowest BCUT2D eigenvalue weighted by molar-refractivity contribution is -0.384. The predicted molar refractivity (Wildman–Crippen MR) is 104 cm³/mol. The molecule has 2 saturated heterocycles. The highest BCUT2D eigenvalue weighted by Crippen LogP contribution is 2.45. The third kappa shape index (κ3) is 2.85. The molecule has 2 atom stereocenters. The highest BCUT2D eigenvalue weighted by atomic mass is 32.2. The molecule has 0 radical (unpaired) electrons. The molecular weight excluding hydrogens is 370 g/mol. The molecule has 2 fully saturated rings. The second-order valence-corrected chi connectivity index (χ2v) is 7.63. The number of nitro groups is 1. The molecule has 0 aliphatic carbocycles. The summed E-state index contributed by atoms with van der Waals surface area (Å²) in [4.78, 5) is 26.8. The van der Waals surface area contributed by atoms with Crippen molar-refractivity contribution >= 4 is 40.7 Å². The number of carbonyl (C=O) groups excluding carboxylic acids is 1. The Labute approximate surface area is 159 Å². The van der Waals surface area contributed by atoms with E-state index in [9.17, 15) is 14.9 Å². The Morgan fingerprint density at radius 3 is 2.50 bits per heavy atom. The molecule has 2 aliphatic heterocycles. The van der Waals surface area contributed by atoms with Crippen molar-refractivity contribution in [1.82, 2.24) is 9.80 Å². The fraction of sp³-hybridized carbons (Fsp3) is 0.222. The van der Waals surface area contributed by atoms with Crippen LogP contribution in [0.1, 0.15) is 16.5 Å². The van der Waals surface area contributed by atoms with Gasteiger partial charge >= 0.3 is 0 Å². The first-order valence-electron chi connectivity index (χ1n) is 8.10. The van der Waals surface area contributed by atoms with Gasteiger partial charge in [0.15, 0.2) is 5.11 Å². The van der Waals surface area contributed by atoms with Gasteiger partial charge in [0.05, 0.1) is 11.5 Å². The number of carbonyl (C=O) groups is 1. The van der Waals surface area contributed by atoms with Crippen molar-refractivity contribution < 1.29 is 9.72 Å². The summed E-state index contributed by atoms with van der Waals surface area (Å²) in [6.07, 6.45) is 0. The molecule has 1 unspecified atom stereocenters. The number of fused-ring (bicyclic) bond motifs is 1. The number of nitro benzene ring substituents is 1. The molecule has 0 bridgehead atoms. The standard InChI is InChI=1S/C18H15N3O3S2/c22-16-15-11-26-17(13-4-2-1-3-5-13)20(15)18(25)19(16)10-12-6-8-14(9-7-12)21(23)24/h1-9,15,17H,10-11H2/t15-,17?/m0/s1. The van der Waals surface area contributed by atoms with Crippen molar-refractivity contribution in [3.05, 3.63) is 75.8 Å². The number of hydrogen-bond donors (Lipinski definition) is 0. The molecule has 0 saturated carbocycles. The quantitative estimate of drug-likeness (QED) is 0.457. The monoisotopic (exact) mass is 385 g/mol. The van der Waals surface area contributed by atoms with E-state index in [0.717, 1.165) is 11.1 Å². The van der Waals surface area contributed by atoms with Crippen LogP contribution in [0.15, 0.2) is 54.6 Å². The van der Waals surface area contributed by atoms with Gasteiger partial charge < -0.3 is 4.90 Å². The van der Waals surface area contributed by atoms with Crippen molar-refractivity contribution in [3.63, 3.8) is 0 Å².